The molecule has 1 aliphatic carbocycles. The Morgan fingerprint density at radius 3 is 2.40 bits per heavy atom. The number of hydrogen-bond acceptors (Lipinski definition) is 2. The van der Waals surface area contributed by atoms with Crippen LogP contribution in [-0.2, 0) is 9.59 Å². The SMILES string of the molecule is CC(C)CC1C(=O)NC(C)(C)C(=O)N1CC1CCCC1. The molecule has 2 aliphatic rings. The fourth-order valence-electron chi connectivity index (χ4n) is 3.45. The van der Waals surface area contributed by atoms with E-state index >= 15 is 0 Å². The molecule has 2 rings (SSSR count). The Bertz CT molecular complexity index is 384. The van der Waals surface area contributed by atoms with Gasteiger partial charge in [0.1, 0.15) is 11.6 Å². The standard InChI is InChI=1S/C16H28N2O2/c1-11(2)9-13-14(19)17-16(3,4)15(20)18(13)10-12-7-5-6-8-12/h11-13H,5-10H2,1-4H3,(H,17,19). The quantitative estimate of drug-likeness (QED) is 0.859. The van der Waals surface area contributed by atoms with E-state index in [1.807, 2.05) is 4.90 Å². The molecule has 0 bridgehead atoms. The van der Waals surface area contributed by atoms with Crippen molar-refractivity contribution in [3.63, 3.8) is 0 Å². The van der Waals surface area contributed by atoms with Gasteiger partial charge in [-0.3, -0.25) is 9.59 Å². The number of carbonyl (C=O) groups is 2. The second kappa shape index (κ2) is 5.74. The lowest BCUT2D eigenvalue weighted by molar-refractivity contribution is -0.154. The number of hydrogen-bond donors (Lipinski definition) is 1. The summed E-state index contributed by atoms with van der Waals surface area (Å²) in [6.45, 7) is 8.57. The van der Waals surface area contributed by atoms with Crippen LogP contribution in [0.15, 0.2) is 0 Å². The molecule has 1 saturated heterocycles. The van der Waals surface area contributed by atoms with E-state index in [9.17, 15) is 9.59 Å². The molecule has 20 heavy (non-hydrogen) atoms. The summed E-state index contributed by atoms with van der Waals surface area (Å²) in [5.41, 5.74) is -0.761. The fraction of sp³-hybridized carbons (Fsp3) is 0.875. The first-order valence-electron chi connectivity index (χ1n) is 7.94. The highest BCUT2D eigenvalue weighted by atomic mass is 16.2. The minimum Gasteiger partial charge on any atom is -0.340 e. The molecular formula is C16H28N2O2. The van der Waals surface area contributed by atoms with Crippen molar-refractivity contribution in [2.75, 3.05) is 6.54 Å². The van der Waals surface area contributed by atoms with E-state index in [1.54, 1.807) is 13.8 Å². The lowest BCUT2D eigenvalue weighted by atomic mass is 9.91. The average Bonchev–Trinajstić information content (AvgIpc) is 2.83. The van der Waals surface area contributed by atoms with Gasteiger partial charge >= 0.3 is 0 Å². The highest BCUT2D eigenvalue weighted by Crippen LogP contribution is 2.29. The van der Waals surface area contributed by atoms with Gasteiger partial charge in [-0.25, -0.2) is 0 Å². The molecule has 4 nitrogen and oxygen atoms in total. The van der Waals surface area contributed by atoms with Crippen LogP contribution in [-0.4, -0.2) is 34.8 Å². The van der Waals surface area contributed by atoms with Crippen LogP contribution in [0.5, 0.6) is 0 Å². The topological polar surface area (TPSA) is 49.4 Å². The van der Waals surface area contributed by atoms with Gasteiger partial charge in [-0.1, -0.05) is 26.7 Å². The Morgan fingerprint density at radius 2 is 1.85 bits per heavy atom. The minimum absolute atomic E-state index is 0.0151. The van der Waals surface area contributed by atoms with Crippen molar-refractivity contribution in [2.24, 2.45) is 11.8 Å². The summed E-state index contributed by atoms with van der Waals surface area (Å²) >= 11 is 0. The second-order valence-corrected chi connectivity index (χ2v) is 7.37. The van der Waals surface area contributed by atoms with E-state index in [1.165, 1.54) is 25.7 Å². The summed E-state index contributed by atoms with van der Waals surface area (Å²) in [6, 6.07) is -0.281. The molecule has 0 radical (unpaired) electrons. The van der Waals surface area contributed by atoms with E-state index in [2.05, 4.69) is 19.2 Å². The Kier molecular flexibility index (Phi) is 4.40. The van der Waals surface area contributed by atoms with Crippen LogP contribution >= 0.6 is 0 Å². The van der Waals surface area contributed by atoms with E-state index in [-0.39, 0.29) is 17.9 Å². The highest BCUT2D eigenvalue weighted by molar-refractivity contribution is 5.99. The molecule has 1 saturated carbocycles. The lowest BCUT2D eigenvalue weighted by Gasteiger charge is -2.44. The lowest BCUT2D eigenvalue weighted by Crippen LogP contribution is -2.68. The van der Waals surface area contributed by atoms with Crippen LogP contribution in [0.1, 0.15) is 59.8 Å². The van der Waals surface area contributed by atoms with Gasteiger partial charge in [-0.2, -0.15) is 0 Å². The summed E-state index contributed by atoms with van der Waals surface area (Å²) in [5, 5.41) is 2.89. The van der Waals surface area contributed by atoms with Gasteiger partial charge in [0.05, 0.1) is 0 Å². The van der Waals surface area contributed by atoms with Gasteiger partial charge in [-0.05, 0) is 44.9 Å². The van der Waals surface area contributed by atoms with E-state index in [0.717, 1.165) is 13.0 Å². The molecule has 2 amide bonds. The number of amides is 2. The first kappa shape index (κ1) is 15.3. The van der Waals surface area contributed by atoms with Crippen LogP contribution in [0.4, 0.5) is 0 Å². The molecule has 114 valence electrons. The molecular weight excluding hydrogens is 252 g/mol. The predicted octanol–water partition coefficient (Wildman–Crippen LogP) is 2.33. The zero-order chi connectivity index (χ0) is 14.9. The molecule has 1 N–H and O–H groups in total. The zero-order valence-electron chi connectivity index (χ0n) is 13.2. The molecule has 1 aliphatic heterocycles. The van der Waals surface area contributed by atoms with Crippen LogP contribution in [0.25, 0.3) is 0 Å². The monoisotopic (exact) mass is 280 g/mol. The summed E-state index contributed by atoms with van der Waals surface area (Å²) in [5.74, 6) is 1.08. The maximum absolute atomic E-state index is 12.7. The summed E-state index contributed by atoms with van der Waals surface area (Å²) in [6.07, 6.45) is 5.66. The van der Waals surface area contributed by atoms with E-state index in [0.29, 0.717) is 11.8 Å². The largest absolute Gasteiger partial charge is 0.340 e. The van der Waals surface area contributed by atoms with Crippen molar-refractivity contribution in [3.05, 3.63) is 0 Å². The number of nitrogens with zero attached hydrogens (tertiary/aromatic N) is 1. The Hall–Kier alpha value is -1.06. The van der Waals surface area contributed by atoms with Crippen molar-refractivity contribution >= 4 is 11.8 Å². The second-order valence-electron chi connectivity index (χ2n) is 7.37. The van der Waals surface area contributed by atoms with Crippen LogP contribution < -0.4 is 5.32 Å². The van der Waals surface area contributed by atoms with Crippen LogP contribution in [0, 0.1) is 11.8 Å². The molecule has 4 heteroatoms. The zero-order valence-corrected chi connectivity index (χ0v) is 13.2. The summed E-state index contributed by atoms with van der Waals surface area (Å²) < 4.78 is 0. The van der Waals surface area contributed by atoms with Gasteiger partial charge in [-0.15, -0.1) is 0 Å². The maximum atomic E-state index is 12.7. The minimum atomic E-state index is -0.761. The number of nitrogens with one attached hydrogen (secondary N) is 1. The number of rotatable bonds is 4. The van der Waals surface area contributed by atoms with E-state index < -0.39 is 5.54 Å². The third-order valence-electron chi connectivity index (χ3n) is 4.53. The van der Waals surface area contributed by atoms with Gasteiger partial charge < -0.3 is 10.2 Å². The Morgan fingerprint density at radius 1 is 1.25 bits per heavy atom. The van der Waals surface area contributed by atoms with Crippen molar-refractivity contribution in [3.8, 4) is 0 Å². The van der Waals surface area contributed by atoms with Crippen molar-refractivity contribution in [2.45, 2.75) is 71.4 Å². The fourth-order valence-corrected chi connectivity index (χ4v) is 3.45. The van der Waals surface area contributed by atoms with Gasteiger partial charge in [0.15, 0.2) is 0 Å². The van der Waals surface area contributed by atoms with Crippen molar-refractivity contribution in [1.29, 1.82) is 0 Å². The molecule has 0 spiro atoms. The molecule has 1 unspecified atom stereocenters. The third kappa shape index (κ3) is 3.15. The highest BCUT2D eigenvalue weighted by Gasteiger charge is 2.45. The first-order valence-corrected chi connectivity index (χ1v) is 7.94. The molecule has 0 aromatic carbocycles. The molecule has 1 atom stereocenters. The number of carbonyl (C=O) groups excluding carboxylic acids is 2. The van der Waals surface area contributed by atoms with Gasteiger partial charge in [0.2, 0.25) is 11.8 Å². The van der Waals surface area contributed by atoms with Crippen molar-refractivity contribution in [1.82, 2.24) is 10.2 Å². The van der Waals surface area contributed by atoms with Gasteiger partial charge in [0.25, 0.3) is 0 Å². The maximum Gasteiger partial charge on any atom is 0.248 e. The normalized spacial score (nSPS) is 27.2. The van der Waals surface area contributed by atoms with Crippen LogP contribution in [0.3, 0.4) is 0 Å². The summed E-state index contributed by atoms with van der Waals surface area (Å²) in [7, 11) is 0. The predicted molar refractivity (Wildman–Crippen MR) is 79.1 cm³/mol. The average molecular weight is 280 g/mol. The van der Waals surface area contributed by atoms with E-state index in [4.69, 9.17) is 0 Å². The smallest absolute Gasteiger partial charge is 0.248 e. The molecule has 2 fully saturated rings. The third-order valence-corrected chi connectivity index (χ3v) is 4.53. The van der Waals surface area contributed by atoms with Crippen molar-refractivity contribution < 1.29 is 9.59 Å². The molecule has 0 aromatic rings. The van der Waals surface area contributed by atoms with Gasteiger partial charge in [0, 0.05) is 6.54 Å². The summed E-state index contributed by atoms with van der Waals surface area (Å²) in [4.78, 5) is 26.9. The Balaban J connectivity index is 2.17. The number of piperazine rings is 1. The Labute approximate surface area is 122 Å². The first-order chi connectivity index (χ1) is 9.31. The molecule has 0 aromatic heterocycles. The van der Waals surface area contributed by atoms with Crippen LogP contribution in [0.2, 0.25) is 0 Å². The molecule has 1 heterocycles.